The molecule has 1 aromatic rings. The number of nitrogens with zero attached hydrogens (tertiary/aromatic N) is 3. The summed E-state index contributed by atoms with van der Waals surface area (Å²) in [6.45, 7) is 2.26. The Morgan fingerprint density at radius 1 is 1.41 bits per heavy atom. The van der Waals surface area contributed by atoms with E-state index in [1.807, 2.05) is 17.9 Å². The third kappa shape index (κ3) is 2.69. The lowest BCUT2D eigenvalue weighted by Gasteiger charge is -2.37. The topological polar surface area (TPSA) is 47.1 Å². The van der Waals surface area contributed by atoms with E-state index in [1.54, 1.807) is 0 Å². The molecular weight excluding hydrogens is 212 g/mol. The normalized spacial score (nSPS) is 27.4. The van der Waals surface area contributed by atoms with E-state index in [9.17, 15) is 0 Å². The van der Waals surface area contributed by atoms with Crippen LogP contribution < -0.4 is 5.73 Å². The zero-order chi connectivity index (χ0) is 12.4. The molecule has 1 aliphatic carbocycles. The minimum atomic E-state index is 0.418. The second kappa shape index (κ2) is 5.19. The second-order valence-electron chi connectivity index (χ2n) is 5.29. The van der Waals surface area contributed by atoms with E-state index in [4.69, 9.17) is 5.73 Å². The minimum absolute atomic E-state index is 0.418. The molecule has 17 heavy (non-hydrogen) atoms. The highest BCUT2D eigenvalue weighted by molar-refractivity contribution is 5.06. The van der Waals surface area contributed by atoms with Crippen molar-refractivity contribution in [1.82, 2.24) is 14.7 Å². The molecule has 1 saturated carbocycles. The van der Waals surface area contributed by atoms with Crippen LogP contribution in [0.4, 0.5) is 0 Å². The van der Waals surface area contributed by atoms with Crippen molar-refractivity contribution < 1.29 is 0 Å². The molecule has 4 nitrogen and oxygen atoms in total. The second-order valence-corrected chi connectivity index (χ2v) is 5.29. The van der Waals surface area contributed by atoms with Gasteiger partial charge in [0.1, 0.15) is 0 Å². The number of aryl methyl sites for hydroxylation is 1. The van der Waals surface area contributed by atoms with Gasteiger partial charge in [0.05, 0.1) is 5.69 Å². The lowest BCUT2D eigenvalue weighted by molar-refractivity contribution is 0.136. The molecule has 1 unspecified atom stereocenters. The van der Waals surface area contributed by atoms with Crippen LogP contribution >= 0.6 is 0 Å². The summed E-state index contributed by atoms with van der Waals surface area (Å²) in [6.07, 6.45) is 6.64. The monoisotopic (exact) mass is 236 g/mol. The summed E-state index contributed by atoms with van der Waals surface area (Å²) in [5.74, 6) is 0. The molecule has 4 heteroatoms. The first-order valence-corrected chi connectivity index (χ1v) is 6.55. The Morgan fingerprint density at radius 2 is 2.06 bits per heavy atom. The molecule has 0 radical (unpaired) electrons. The molecule has 1 aliphatic rings. The highest BCUT2D eigenvalue weighted by Crippen LogP contribution is 2.27. The lowest BCUT2D eigenvalue weighted by Crippen LogP contribution is -2.40. The van der Waals surface area contributed by atoms with E-state index in [2.05, 4.69) is 30.0 Å². The minimum Gasteiger partial charge on any atom is -0.328 e. The maximum atomic E-state index is 5.96. The van der Waals surface area contributed by atoms with Gasteiger partial charge in [-0.2, -0.15) is 5.10 Å². The van der Waals surface area contributed by atoms with Gasteiger partial charge in [-0.15, -0.1) is 0 Å². The molecule has 1 fully saturated rings. The third-order valence-electron chi connectivity index (χ3n) is 4.22. The summed E-state index contributed by atoms with van der Waals surface area (Å²) in [4.78, 5) is 2.48. The van der Waals surface area contributed by atoms with Gasteiger partial charge in [0.2, 0.25) is 0 Å². The van der Waals surface area contributed by atoms with Crippen molar-refractivity contribution >= 4 is 0 Å². The third-order valence-corrected chi connectivity index (χ3v) is 4.22. The van der Waals surface area contributed by atoms with Crippen molar-refractivity contribution in [2.45, 2.75) is 50.7 Å². The molecule has 2 N–H and O–H groups in total. The van der Waals surface area contributed by atoms with E-state index in [0.717, 1.165) is 12.8 Å². The SMILES string of the molecule is CC(c1ccnn1C)N(C)C1CCC(N)CC1. The Kier molecular flexibility index (Phi) is 3.84. The molecule has 0 aromatic carbocycles. The van der Waals surface area contributed by atoms with E-state index in [-0.39, 0.29) is 0 Å². The number of rotatable bonds is 3. The maximum Gasteiger partial charge on any atom is 0.0549 e. The highest BCUT2D eigenvalue weighted by atomic mass is 15.3. The fourth-order valence-corrected chi connectivity index (χ4v) is 2.83. The summed E-state index contributed by atoms with van der Waals surface area (Å²) in [6, 6.07) is 3.61. The van der Waals surface area contributed by atoms with Gasteiger partial charge < -0.3 is 5.73 Å². The first-order valence-electron chi connectivity index (χ1n) is 6.55. The summed E-state index contributed by atoms with van der Waals surface area (Å²) < 4.78 is 1.97. The van der Waals surface area contributed by atoms with Gasteiger partial charge in [-0.3, -0.25) is 9.58 Å². The lowest BCUT2D eigenvalue weighted by atomic mass is 9.90. The predicted molar refractivity (Wildman–Crippen MR) is 69.6 cm³/mol. The molecule has 96 valence electrons. The average molecular weight is 236 g/mol. The smallest absolute Gasteiger partial charge is 0.0549 e. The van der Waals surface area contributed by atoms with Gasteiger partial charge in [-0.05, 0) is 45.7 Å². The Bertz CT molecular complexity index is 352. The first kappa shape index (κ1) is 12.6. The standard InChI is InChI=1S/C13H24N4/c1-10(13-8-9-15-17(13)3)16(2)12-6-4-11(14)5-7-12/h8-12H,4-7,14H2,1-3H3. The Morgan fingerprint density at radius 3 is 2.59 bits per heavy atom. The van der Waals surface area contributed by atoms with Crippen LogP contribution in [0, 0.1) is 0 Å². The Labute approximate surface area is 104 Å². The molecule has 0 aliphatic heterocycles. The predicted octanol–water partition coefficient (Wildman–Crippen LogP) is 1.68. The number of hydrogen-bond donors (Lipinski definition) is 1. The maximum absolute atomic E-state index is 5.96. The summed E-state index contributed by atoms with van der Waals surface area (Å²) in [7, 11) is 4.23. The molecule has 0 bridgehead atoms. The van der Waals surface area contributed by atoms with Crippen molar-refractivity contribution in [3.05, 3.63) is 18.0 Å². The van der Waals surface area contributed by atoms with Crippen LogP contribution in [0.25, 0.3) is 0 Å². The molecule has 1 atom stereocenters. The van der Waals surface area contributed by atoms with Gasteiger partial charge in [-0.25, -0.2) is 0 Å². The summed E-state index contributed by atoms with van der Waals surface area (Å²) >= 11 is 0. The summed E-state index contributed by atoms with van der Waals surface area (Å²) in [5, 5.41) is 4.25. The van der Waals surface area contributed by atoms with E-state index < -0.39 is 0 Å². The van der Waals surface area contributed by atoms with Crippen LogP contribution in [-0.2, 0) is 7.05 Å². The van der Waals surface area contributed by atoms with E-state index in [0.29, 0.717) is 18.1 Å². The van der Waals surface area contributed by atoms with Gasteiger partial charge >= 0.3 is 0 Å². The van der Waals surface area contributed by atoms with Crippen LogP contribution in [0.1, 0.15) is 44.3 Å². The van der Waals surface area contributed by atoms with Crippen LogP contribution in [0.3, 0.4) is 0 Å². The van der Waals surface area contributed by atoms with Gasteiger partial charge in [0.15, 0.2) is 0 Å². The average Bonchev–Trinajstić information content (AvgIpc) is 2.74. The number of aromatic nitrogens is 2. The Hall–Kier alpha value is -0.870. The molecule has 0 spiro atoms. The molecule has 0 amide bonds. The van der Waals surface area contributed by atoms with Crippen LogP contribution in [0.2, 0.25) is 0 Å². The summed E-state index contributed by atoms with van der Waals surface area (Å²) in [5.41, 5.74) is 7.24. The van der Waals surface area contributed by atoms with Gasteiger partial charge in [0.25, 0.3) is 0 Å². The Balaban J connectivity index is 2.00. The number of hydrogen-bond acceptors (Lipinski definition) is 3. The zero-order valence-electron chi connectivity index (χ0n) is 11.1. The molecular formula is C13H24N4. The first-order chi connectivity index (χ1) is 8.09. The van der Waals surface area contributed by atoms with E-state index >= 15 is 0 Å². The quantitative estimate of drug-likeness (QED) is 0.868. The zero-order valence-corrected chi connectivity index (χ0v) is 11.1. The van der Waals surface area contributed by atoms with Crippen molar-refractivity contribution in [1.29, 1.82) is 0 Å². The van der Waals surface area contributed by atoms with Crippen molar-refractivity contribution in [3.8, 4) is 0 Å². The molecule has 2 rings (SSSR count). The fraction of sp³-hybridized carbons (Fsp3) is 0.769. The molecule has 1 heterocycles. The van der Waals surface area contributed by atoms with Crippen molar-refractivity contribution in [3.63, 3.8) is 0 Å². The largest absolute Gasteiger partial charge is 0.328 e. The van der Waals surface area contributed by atoms with Crippen molar-refractivity contribution in [2.75, 3.05) is 7.05 Å². The molecule has 0 saturated heterocycles. The van der Waals surface area contributed by atoms with E-state index in [1.165, 1.54) is 18.5 Å². The fourth-order valence-electron chi connectivity index (χ4n) is 2.83. The van der Waals surface area contributed by atoms with Gasteiger partial charge in [-0.1, -0.05) is 0 Å². The number of nitrogens with two attached hydrogens (primary N) is 1. The highest BCUT2D eigenvalue weighted by Gasteiger charge is 2.26. The van der Waals surface area contributed by atoms with Crippen LogP contribution in [-0.4, -0.2) is 33.8 Å². The van der Waals surface area contributed by atoms with Crippen molar-refractivity contribution in [2.24, 2.45) is 12.8 Å². The van der Waals surface area contributed by atoms with Gasteiger partial charge in [0, 0.05) is 31.4 Å². The van der Waals surface area contributed by atoms with Crippen LogP contribution in [0.15, 0.2) is 12.3 Å². The van der Waals surface area contributed by atoms with Crippen LogP contribution in [0.5, 0.6) is 0 Å². The molecule has 1 aromatic heterocycles.